The van der Waals surface area contributed by atoms with Crippen LogP contribution in [0.2, 0.25) is 0 Å². The Labute approximate surface area is 131 Å². The number of aromatic nitrogens is 4. The molecule has 0 aliphatic rings. The molecular formula is C17H13N5O. The molecule has 6 nitrogen and oxygen atoms in total. The van der Waals surface area contributed by atoms with Crippen LogP contribution in [0.3, 0.4) is 0 Å². The number of rotatable bonds is 3. The fourth-order valence-corrected chi connectivity index (χ4v) is 2.35. The summed E-state index contributed by atoms with van der Waals surface area (Å²) in [5.74, 6) is 0.101. The molecular weight excluding hydrogens is 290 g/mol. The number of nitrogens with one attached hydrogen (secondary N) is 2. The number of hydrogen-bond acceptors (Lipinski definition) is 3. The third-order valence-electron chi connectivity index (χ3n) is 3.46. The van der Waals surface area contributed by atoms with Gasteiger partial charge in [-0.3, -0.25) is 10.1 Å². The second kappa shape index (κ2) is 5.42. The van der Waals surface area contributed by atoms with Crippen LogP contribution in [0.25, 0.3) is 16.7 Å². The number of amides is 1. The van der Waals surface area contributed by atoms with Crippen molar-refractivity contribution in [2.75, 3.05) is 5.32 Å². The van der Waals surface area contributed by atoms with E-state index in [4.69, 9.17) is 0 Å². The standard InChI is InChI=1S/C17H13N5O/c23-16(20-17-18-13-8-4-5-9-14(13)19-17)15-10-11-22(21-15)12-6-2-1-3-7-12/h1-11H,(H2,18,19,20,23). The highest BCUT2D eigenvalue weighted by Crippen LogP contribution is 2.14. The molecule has 2 aromatic carbocycles. The van der Waals surface area contributed by atoms with Crippen LogP contribution in [0, 0.1) is 0 Å². The first-order valence-corrected chi connectivity index (χ1v) is 7.17. The summed E-state index contributed by atoms with van der Waals surface area (Å²) in [6, 6.07) is 18.9. The van der Waals surface area contributed by atoms with Crippen LogP contribution >= 0.6 is 0 Å². The van der Waals surface area contributed by atoms with Crippen LogP contribution in [0.15, 0.2) is 66.9 Å². The van der Waals surface area contributed by atoms with Gasteiger partial charge < -0.3 is 4.98 Å². The van der Waals surface area contributed by atoms with Crippen LogP contribution in [0.5, 0.6) is 0 Å². The lowest BCUT2D eigenvalue weighted by Crippen LogP contribution is -2.14. The molecule has 0 saturated heterocycles. The van der Waals surface area contributed by atoms with Gasteiger partial charge in [-0.1, -0.05) is 30.3 Å². The summed E-state index contributed by atoms with van der Waals surface area (Å²) in [4.78, 5) is 19.7. The lowest BCUT2D eigenvalue weighted by Gasteiger charge is -2.00. The molecule has 0 unspecified atom stereocenters. The van der Waals surface area contributed by atoms with Gasteiger partial charge in [-0.25, -0.2) is 9.67 Å². The molecule has 2 heterocycles. The Morgan fingerprint density at radius 1 is 1.00 bits per heavy atom. The Morgan fingerprint density at radius 3 is 2.61 bits per heavy atom. The number of fused-ring (bicyclic) bond motifs is 1. The van der Waals surface area contributed by atoms with Crippen LogP contribution in [-0.2, 0) is 0 Å². The van der Waals surface area contributed by atoms with E-state index in [1.54, 1.807) is 16.9 Å². The van der Waals surface area contributed by atoms with E-state index in [1.165, 1.54) is 0 Å². The van der Waals surface area contributed by atoms with Crippen molar-refractivity contribution in [3.8, 4) is 5.69 Å². The lowest BCUT2D eigenvalue weighted by atomic mass is 10.3. The molecule has 6 heteroatoms. The minimum absolute atomic E-state index is 0.307. The number of hydrogen-bond donors (Lipinski definition) is 2. The van der Waals surface area contributed by atoms with Crippen molar-refractivity contribution in [1.29, 1.82) is 0 Å². The summed E-state index contributed by atoms with van der Waals surface area (Å²) in [6.45, 7) is 0. The number of benzene rings is 2. The van der Waals surface area contributed by atoms with Gasteiger partial charge in [0.1, 0.15) is 0 Å². The molecule has 1 amide bonds. The van der Waals surface area contributed by atoms with Crippen molar-refractivity contribution < 1.29 is 4.79 Å². The fraction of sp³-hybridized carbons (Fsp3) is 0. The Bertz CT molecular complexity index is 938. The third kappa shape index (κ3) is 2.57. The summed E-state index contributed by atoms with van der Waals surface area (Å²) < 4.78 is 1.66. The minimum atomic E-state index is -0.307. The largest absolute Gasteiger partial charge is 0.324 e. The molecule has 0 fully saturated rings. The van der Waals surface area contributed by atoms with Gasteiger partial charge in [0.05, 0.1) is 16.7 Å². The van der Waals surface area contributed by atoms with Crippen molar-refractivity contribution in [3.63, 3.8) is 0 Å². The van der Waals surface area contributed by atoms with Crippen molar-refractivity contribution in [2.24, 2.45) is 0 Å². The monoisotopic (exact) mass is 303 g/mol. The first-order chi connectivity index (χ1) is 11.3. The molecule has 0 radical (unpaired) electrons. The van der Waals surface area contributed by atoms with Gasteiger partial charge in [0.15, 0.2) is 5.69 Å². The molecule has 4 aromatic rings. The van der Waals surface area contributed by atoms with Gasteiger partial charge in [0.2, 0.25) is 5.95 Å². The van der Waals surface area contributed by atoms with Gasteiger partial charge in [0, 0.05) is 6.20 Å². The van der Waals surface area contributed by atoms with Crippen LogP contribution in [-0.4, -0.2) is 25.7 Å². The molecule has 2 aromatic heterocycles. The Hall–Kier alpha value is -3.41. The highest BCUT2D eigenvalue weighted by Gasteiger charge is 2.12. The molecule has 0 aliphatic heterocycles. The Kier molecular flexibility index (Phi) is 3.12. The van der Waals surface area contributed by atoms with Crippen molar-refractivity contribution in [2.45, 2.75) is 0 Å². The zero-order chi connectivity index (χ0) is 15.6. The lowest BCUT2D eigenvalue weighted by molar-refractivity contribution is 0.102. The normalized spacial score (nSPS) is 10.8. The summed E-state index contributed by atoms with van der Waals surface area (Å²) in [5.41, 5.74) is 2.90. The first-order valence-electron chi connectivity index (χ1n) is 7.17. The maximum Gasteiger partial charge on any atom is 0.278 e. The van der Waals surface area contributed by atoms with Gasteiger partial charge in [-0.15, -0.1) is 0 Å². The highest BCUT2D eigenvalue weighted by molar-refractivity contribution is 6.02. The van der Waals surface area contributed by atoms with Crippen LogP contribution in [0.4, 0.5) is 5.95 Å². The number of para-hydroxylation sites is 3. The molecule has 0 saturated carbocycles. The second-order valence-corrected chi connectivity index (χ2v) is 5.04. The summed E-state index contributed by atoms with van der Waals surface area (Å²) in [6.07, 6.45) is 1.75. The first kappa shape index (κ1) is 13.3. The molecule has 4 rings (SSSR count). The molecule has 0 spiro atoms. The molecule has 23 heavy (non-hydrogen) atoms. The van der Waals surface area contributed by atoms with E-state index in [1.807, 2.05) is 54.6 Å². The van der Waals surface area contributed by atoms with E-state index in [0.717, 1.165) is 16.7 Å². The summed E-state index contributed by atoms with van der Waals surface area (Å²) >= 11 is 0. The van der Waals surface area contributed by atoms with E-state index < -0.39 is 0 Å². The SMILES string of the molecule is O=C(Nc1nc2ccccc2[nH]1)c1ccn(-c2ccccc2)n1. The second-order valence-electron chi connectivity index (χ2n) is 5.04. The van der Waals surface area contributed by atoms with Gasteiger partial charge in [-0.05, 0) is 30.3 Å². The molecule has 112 valence electrons. The number of imidazole rings is 1. The number of nitrogens with zero attached hydrogens (tertiary/aromatic N) is 3. The predicted molar refractivity (Wildman–Crippen MR) is 87.6 cm³/mol. The zero-order valence-electron chi connectivity index (χ0n) is 12.1. The molecule has 0 atom stereocenters. The van der Waals surface area contributed by atoms with Crippen LogP contribution < -0.4 is 5.32 Å². The smallest absolute Gasteiger partial charge is 0.278 e. The number of anilines is 1. The summed E-state index contributed by atoms with van der Waals surface area (Å²) in [5, 5.41) is 7.02. The quantitative estimate of drug-likeness (QED) is 0.611. The average Bonchev–Trinajstić information content (AvgIpc) is 3.22. The van der Waals surface area contributed by atoms with E-state index in [0.29, 0.717) is 11.6 Å². The van der Waals surface area contributed by atoms with E-state index in [9.17, 15) is 4.79 Å². The van der Waals surface area contributed by atoms with Gasteiger partial charge in [-0.2, -0.15) is 5.10 Å². The van der Waals surface area contributed by atoms with Crippen molar-refractivity contribution in [1.82, 2.24) is 19.7 Å². The Balaban J connectivity index is 1.56. The third-order valence-corrected chi connectivity index (χ3v) is 3.46. The minimum Gasteiger partial charge on any atom is -0.324 e. The number of H-pyrrole nitrogens is 1. The number of aromatic amines is 1. The van der Waals surface area contributed by atoms with E-state index in [2.05, 4.69) is 20.4 Å². The summed E-state index contributed by atoms with van der Waals surface area (Å²) in [7, 11) is 0. The van der Waals surface area contributed by atoms with E-state index >= 15 is 0 Å². The molecule has 0 bridgehead atoms. The van der Waals surface area contributed by atoms with Gasteiger partial charge in [0.25, 0.3) is 5.91 Å². The fourth-order valence-electron chi connectivity index (χ4n) is 2.35. The maximum absolute atomic E-state index is 12.3. The van der Waals surface area contributed by atoms with Crippen molar-refractivity contribution >= 4 is 22.9 Å². The maximum atomic E-state index is 12.3. The highest BCUT2D eigenvalue weighted by atomic mass is 16.2. The van der Waals surface area contributed by atoms with Crippen molar-refractivity contribution in [3.05, 3.63) is 72.6 Å². The molecule has 2 N–H and O–H groups in total. The molecule has 0 aliphatic carbocycles. The zero-order valence-corrected chi connectivity index (χ0v) is 12.1. The number of carbonyl (C=O) groups excluding carboxylic acids is 1. The number of carbonyl (C=O) groups is 1. The van der Waals surface area contributed by atoms with Crippen LogP contribution in [0.1, 0.15) is 10.5 Å². The Morgan fingerprint density at radius 2 is 1.78 bits per heavy atom. The van der Waals surface area contributed by atoms with Gasteiger partial charge >= 0.3 is 0 Å². The predicted octanol–water partition coefficient (Wildman–Crippen LogP) is 3.00. The van der Waals surface area contributed by atoms with E-state index in [-0.39, 0.29) is 5.91 Å². The average molecular weight is 303 g/mol. The topological polar surface area (TPSA) is 75.6 Å².